The van der Waals surface area contributed by atoms with Gasteiger partial charge in [-0.25, -0.2) is 15.0 Å². The highest BCUT2D eigenvalue weighted by Gasteiger charge is 2.26. The van der Waals surface area contributed by atoms with Crippen LogP contribution in [0.2, 0.25) is 0 Å². The Labute approximate surface area is 221 Å². The van der Waals surface area contributed by atoms with Crippen molar-refractivity contribution in [3.63, 3.8) is 0 Å². The summed E-state index contributed by atoms with van der Waals surface area (Å²) in [5.74, 6) is 6.71. The summed E-state index contributed by atoms with van der Waals surface area (Å²) in [5.41, 5.74) is 3.85. The van der Waals surface area contributed by atoms with Gasteiger partial charge in [0.2, 0.25) is 0 Å². The Hall–Kier alpha value is -3.73. The molecule has 2 aromatic carbocycles. The minimum absolute atomic E-state index is 0.112. The average Bonchev–Trinajstić information content (AvgIpc) is 3.25. The molecular formula is C28H28F2N5O2P. The van der Waals surface area contributed by atoms with Crippen LogP contribution in [0, 0.1) is 11.8 Å². The Morgan fingerprint density at radius 1 is 1.11 bits per heavy atom. The number of para-hydroxylation sites is 1. The molecule has 1 atom stereocenters. The van der Waals surface area contributed by atoms with Crippen molar-refractivity contribution >= 4 is 30.8 Å². The summed E-state index contributed by atoms with van der Waals surface area (Å²) in [6.07, 6.45) is 4.74. The number of nitrogens with zero attached hydrogens (tertiary/aromatic N) is 5. The Morgan fingerprint density at radius 2 is 1.82 bits per heavy atom. The van der Waals surface area contributed by atoms with Crippen molar-refractivity contribution in [2.24, 2.45) is 0 Å². The van der Waals surface area contributed by atoms with Crippen molar-refractivity contribution in [2.75, 3.05) is 27.4 Å². The van der Waals surface area contributed by atoms with Gasteiger partial charge < -0.3 is 4.74 Å². The van der Waals surface area contributed by atoms with E-state index in [1.165, 1.54) is 12.1 Å². The third-order valence-corrected chi connectivity index (χ3v) is 7.01. The summed E-state index contributed by atoms with van der Waals surface area (Å²) in [6.45, 7) is 3.13. The van der Waals surface area contributed by atoms with Gasteiger partial charge in [-0.2, -0.15) is 8.78 Å². The Bertz CT molecular complexity index is 1510. The van der Waals surface area contributed by atoms with Gasteiger partial charge in [0.05, 0.1) is 22.6 Å². The summed E-state index contributed by atoms with van der Waals surface area (Å²) < 4.78 is 33.3. The fourth-order valence-corrected chi connectivity index (χ4v) is 4.81. The van der Waals surface area contributed by atoms with Gasteiger partial charge in [0, 0.05) is 23.5 Å². The Balaban J connectivity index is 1.93. The van der Waals surface area contributed by atoms with E-state index in [1.54, 1.807) is 23.0 Å². The van der Waals surface area contributed by atoms with Gasteiger partial charge in [0.1, 0.15) is 17.1 Å². The molecule has 0 aliphatic rings. The minimum Gasteiger partial charge on any atom is -0.433 e. The molecule has 2 heterocycles. The maximum atomic E-state index is 13.4. The van der Waals surface area contributed by atoms with Crippen LogP contribution in [0.5, 0.6) is 5.75 Å². The third-order valence-electron chi connectivity index (χ3n) is 5.97. The Kier molecular flexibility index (Phi) is 8.45. The first-order valence-corrected chi connectivity index (χ1v) is 14.2. The van der Waals surface area contributed by atoms with Crippen molar-refractivity contribution in [2.45, 2.75) is 26.0 Å². The van der Waals surface area contributed by atoms with Gasteiger partial charge in [0.25, 0.3) is 0 Å². The monoisotopic (exact) mass is 535 g/mol. The molecular weight excluding hydrogens is 507 g/mol. The predicted octanol–water partition coefficient (Wildman–Crippen LogP) is 5.01. The van der Waals surface area contributed by atoms with Crippen molar-refractivity contribution in [1.29, 1.82) is 0 Å². The topological polar surface area (TPSA) is 73.1 Å². The number of aromatic nitrogens is 4. The maximum Gasteiger partial charge on any atom is 0.387 e. The molecule has 7 nitrogen and oxygen atoms in total. The van der Waals surface area contributed by atoms with Crippen LogP contribution >= 0.6 is 7.92 Å². The van der Waals surface area contributed by atoms with Gasteiger partial charge in [0.15, 0.2) is 12.0 Å². The van der Waals surface area contributed by atoms with E-state index in [9.17, 15) is 13.6 Å². The van der Waals surface area contributed by atoms with E-state index >= 15 is 0 Å². The first-order valence-electron chi connectivity index (χ1n) is 12.0. The number of hydrogen-bond acceptors (Lipinski definition) is 6. The van der Waals surface area contributed by atoms with Crippen molar-refractivity contribution in [3.8, 4) is 23.3 Å². The second-order valence-corrected chi connectivity index (χ2v) is 11.2. The Morgan fingerprint density at radius 3 is 2.42 bits per heavy atom. The number of aldehydes is 1. The van der Waals surface area contributed by atoms with Gasteiger partial charge in [-0.3, -0.25) is 14.3 Å². The number of benzene rings is 2. The molecule has 0 saturated heterocycles. The molecule has 0 N–H and O–H groups in total. The van der Waals surface area contributed by atoms with Crippen LogP contribution in [0.4, 0.5) is 8.78 Å². The molecule has 38 heavy (non-hydrogen) atoms. The quantitative estimate of drug-likeness (QED) is 0.180. The average molecular weight is 536 g/mol. The number of rotatable bonds is 8. The van der Waals surface area contributed by atoms with Crippen LogP contribution in [-0.4, -0.2) is 64.7 Å². The molecule has 2 aromatic heterocycles. The number of alkyl halides is 2. The highest BCUT2D eigenvalue weighted by Crippen LogP contribution is 2.36. The molecule has 4 rings (SSSR count). The lowest BCUT2D eigenvalue weighted by molar-refractivity contribution is -0.0498. The molecule has 10 heteroatoms. The van der Waals surface area contributed by atoms with Gasteiger partial charge in [-0.05, 0) is 72.1 Å². The van der Waals surface area contributed by atoms with Crippen LogP contribution in [0.25, 0.3) is 16.7 Å². The van der Waals surface area contributed by atoms with Crippen molar-refractivity contribution < 1.29 is 18.3 Å². The zero-order valence-corrected chi connectivity index (χ0v) is 22.7. The molecule has 0 amide bonds. The number of carbonyl (C=O) groups excluding carboxylic acids is 1. The number of imidazole rings is 1. The van der Waals surface area contributed by atoms with Crippen molar-refractivity contribution in [1.82, 2.24) is 24.4 Å². The van der Waals surface area contributed by atoms with E-state index in [2.05, 4.69) is 35.1 Å². The fraction of sp³-hybridized carbons (Fsp3) is 0.286. The molecule has 196 valence electrons. The van der Waals surface area contributed by atoms with E-state index in [0.29, 0.717) is 40.7 Å². The fourth-order valence-electron chi connectivity index (χ4n) is 4.23. The van der Waals surface area contributed by atoms with E-state index in [4.69, 9.17) is 9.72 Å². The van der Waals surface area contributed by atoms with Gasteiger partial charge >= 0.3 is 6.61 Å². The normalized spacial score (nSPS) is 12.2. The van der Waals surface area contributed by atoms with Gasteiger partial charge in [-0.15, -0.1) is 0 Å². The summed E-state index contributed by atoms with van der Waals surface area (Å²) >= 11 is 0. The van der Waals surface area contributed by atoms with Gasteiger partial charge in [-0.1, -0.05) is 24.8 Å². The second-order valence-electron chi connectivity index (χ2n) is 9.00. The lowest BCUT2D eigenvalue weighted by Gasteiger charge is -2.25. The van der Waals surface area contributed by atoms with E-state index in [0.717, 1.165) is 5.57 Å². The van der Waals surface area contributed by atoms with Crippen LogP contribution < -0.4 is 10.3 Å². The third kappa shape index (κ3) is 5.72. The standard InChI is InChI=1S/C28H28F2N5O2P/c1-6-22(34(2)3)26-33-21-13-12-18(10-11-19-15-31-28(32-16-19)38(4)5)14-23(21)35(26)25-20(17-36)8-7-9-24(25)37-27(29)30/h7-9,12-17,22,27H,6H2,1-5H3. The molecule has 0 aliphatic carbocycles. The molecule has 0 bridgehead atoms. The highest BCUT2D eigenvalue weighted by atomic mass is 31.1. The molecule has 0 radical (unpaired) electrons. The summed E-state index contributed by atoms with van der Waals surface area (Å²) in [5, 5.41) is 0. The minimum atomic E-state index is -3.06. The molecule has 1 unspecified atom stereocenters. The largest absolute Gasteiger partial charge is 0.433 e. The number of fused-ring (bicyclic) bond motifs is 1. The van der Waals surface area contributed by atoms with E-state index < -0.39 is 14.5 Å². The molecule has 0 spiro atoms. The first-order chi connectivity index (χ1) is 18.2. The SMILES string of the molecule is CCC(c1nc2ccc(C#Cc3cnc(P(C)C)nc3)cc2n1-c1c(C=O)cccc1OC(F)F)N(C)C. The lowest BCUT2D eigenvalue weighted by atomic mass is 10.1. The summed E-state index contributed by atoms with van der Waals surface area (Å²) in [4.78, 5) is 27.7. The summed E-state index contributed by atoms with van der Waals surface area (Å²) in [7, 11) is 3.45. The lowest BCUT2D eigenvalue weighted by Crippen LogP contribution is -2.23. The molecule has 4 aromatic rings. The van der Waals surface area contributed by atoms with Crippen molar-refractivity contribution in [3.05, 3.63) is 71.3 Å². The molecule has 0 saturated carbocycles. The zero-order chi connectivity index (χ0) is 27.4. The highest BCUT2D eigenvalue weighted by molar-refractivity contribution is 7.63. The number of hydrogen-bond donors (Lipinski definition) is 0. The first kappa shape index (κ1) is 27.3. The zero-order valence-electron chi connectivity index (χ0n) is 21.8. The van der Waals surface area contributed by atoms with E-state index in [-0.39, 0.29) is 23.0 Å². The number of carbonyl (C=O) groups is 1. The molecule has 0 fully saturated rings. The summed E-state index contributed by atoms with van der Waals surface area (Å²) in [6, 6.07) is 9.86. The van der Waals surface area contributed by atoms with Crippen LogP contribution in [-0.2, 0) is 0 Å². The maximum absolute atomic E-state index is 13.4. The second kappa shape index (κ2) is 11.8. The molecule has 0 aliphatic heterocycles. The smallest absolute Gasteiger partial charge is 0.387 e. The number of ether oxygens (including phenoxy) is 1. The van der Waals surface area contributed by atoms with E-state index in [1.807, 2.05) is 44.1 Å². The van der Waals surface area contributed by atoms with Crippen LogP contribution in [0.1, 0.15) is 46.7 Å². The predicted molar refractivity (Wildman–Crippen MR) is 146 cm³/mol. The van der Waals surface area contributed by atoms with Crippen LogP contribution in [0.3, 0.4) is 0 Å². The number of halogens is 2. The van der Waals surface area contributed by atoms with Crippen LogP contribution in [0.15, 0.2) is 48.8 Å².